The van der Waals surface area contributed by atoms with Gasteiger partial charge in [0.1, 0.15) is 11.7 Å². The molecule has 0 amide bonds. The van der Waals surface area contributed by atoms with Crippen LogP contribution in [0, 0.1) is 18.1 Å². The summed E-state index contributed by atoms with van der Waals surface area (Å²) in [7, 11) is 0. The molecule has 0 radical (unpaired) electrons. The molecule has 0 atom stereocenters. The lowest BCUT2D eigenvalue weighted by atomic mass is 9.90. The monoisotopic (exact) mass is 208 g/mol. The van der Waals surface area contributed by atoms with Gasteiger partial charge in [0.2, 0.25) is 0 Å². The number of hydrogen-bond donors (Lipinski definition) is 3. The van der Waals surface area contributed by atoms with Crippen LogP contribution in [0.1, 0.15) is 24.0 Å². The summed E-state index contributed by atoms with van der Waals surface area (Å²) in [6.07, 6.45) is 1.39. The number of hydroxylamine groups is 1. The molecule has 80 valence electrons. The van der Waals surface area contributed by atoms with Crippen LogP contribution in [0.4, 0.5) is 4.39 Å². The van der Waals surface area contributed by atoms with Crippen LogP contribution in [0.2, 0.25) is 1.41 Å². The van der Waals surface area contributed by atoms with Crippen molar-refractivity contribution < 1.29 is 11.0 Å². The highest BCUT2D eigenvalue weighted by molar-refractivity contribution is 5.93. The average molecular weight is 208 g/mol. The molecule has 0 bridgehead atoms. The number of nitrogens with one attached hydrogen (secondary N) is 2. The zero-order chi connectivity index (χ0) is 11.8. The highest BCUT2D eigenvalue weighted by Crippen LogP contribution is 2.50. The second kappa shape index (κ2) is 3.31. The predicted octanol–water partition coefficient (Wildman–Crippen LogP) is 2.12. The van der Waals surface area contributed by atoms with E-state index >= 15 is 0 Å². The smallest absolute Gasteiger partial charge is 0.189 e. The molecule has 1 fully saturated rings. The Bertz CT molecular complexity index is 423. The van der Waals surface area contributed by atoms with Gasteiger partial charge in [0, 0.05) is 5.56 Å². The molecule has 0 saturated heterocycles. The average Bonchev–Trinajstić information content (AvgIpc) is 3.01. The van der Waals surface area contributed by atoms with Crippen molar-refractivity contribution >= 4 is 5.84 Å². The van der Waals surface area contributed by atoms with Gasteiger partial charge in [-0.25, -0.2) is 4.39 Å². The molecule has 15 heavy (non-hydrogen) atoms. The van der Waals surface area contributed by atoms with Crippen LogP contribution in [0.5, 0.6) is 0 Å². The van der Waals surface area contributed by atoms with E-state index in [-0.39, 0.29) is 11.7 Å². The van der Waals surface area contributed by atoms with E-state index in [1.54, 1.807) is 6.07 Å². The Labute approximate surface area is 88.9 Å². The topological polar surface area (TPSA) is 56.1 Å². The third-order valence-electron chi connectivity index (χ3n) is 3.01. The van der Waals surface area contributed by atoms with Gasteiger partial charge in [0.05, 0.1) is 5.41 Å². The molecular weight excluding hydrogens is 195 g/mol. The Morgan fingerprint density at radius 1 is 1.67 bits per heavy atom. The van der Waals surface area contributed by atoms with E-state index in [9.17, 15) is 4.39 Å². The van der Waals surface area contributed by atoms with E-state index in [0.29, 0.717) is 18.4 Å². The first kappa shape index (κ1) is 8.85. The maximum Gasteiger partial charge on any atom is 0.189 e. The Kier molecular flexibility index (Phi) is 1.95. The number of aryl methyl sites for hydroxylation is 1. The number of rotatable bonds is 2. The van der Waals surface area contributed by atoms with Gasteiger partial charge in [-0.1, -0.05) is 12.1 Å². The van der Waals surface area contributed by atoms with E-state index in [4.69, 9.17) is 6.62 Å². The quantitative estimate of drug-likeness (QED) is 0.396. The van der Waals surface area contributed by atoms with Gasteiger partial charge in [-0.05, 0) is 31.4 Å². The van der Waals surface area contributed by atoms with Crippen molar-refractivity contribution in [2.45, 2.75) is 25.2 Å². The molecule has 0 aromatic heterocycles. The molecular formula is C11H13FN2O. The Hall–Kier alpha value is -1.42. The van der Waals surface area contributed by atoms with Gasteiger partial charge >= 0.3 is 0 Å². The van der Waals surface area contributed by atoms with Crippen LogP contribution >= 0.6 is 0 Å². The summed E-state index contributed by atoms with van der Waals surface area (Å²) in [6, 6.07) is 4.85. The maximum absolute atomic E-state index is 13.8. The SMILES string of the molecule is [H]/N=C(\NO)C1(c2c(C)cccc2F)CC1. The van der Waals surface area contributed by atoms with Crippen LogP contribution in [-0.4, -0.2) is 11.0 Å². The van der Waals surface area contributed by atoms with E-state index in [1.807, 2.05) is 18.5 Å². The fourth-order valence-electron chi connectivity index (χ4n) is 2.08. The zero-order valence-corrected chi connectivity index (χ0v) is 8.42. The van der Waals surface area contributed by atoms with E-state index in [0.717, 1.165) is 5.56 Å². The van der Waals surface area contributed by atoms with Gasteiger partial charge in [-0.3, -0.25) is 16.1 Å². The summed E-state index contributed by atoms with van der Waals surface area (Å²) in [4.78, 5) is 0. The summed E-state index contributed by atoms with van der Waals surface area (Å²) in [6.45, 7) is 1.82. The first-order chi connectivity index (χ1) is 7.65. The fourth-order valence-corrected chi connectivity index (χ4v) is 2.08. The largest absolute Gasteiger partial charge is 0.290 e. The minimum absolute atomic E-state index is 0.112. The third kappa shape index (κ3) is 1.41. The van der Waals surface area contributed by atoms with Crippen molar-refractivity contribution in [2.24, 2.45) is 0 Å². The molecule has 1 saturated carbocycles. The van der Waals surface area contributed by atoms with Gasteiger partial charge in [-0.2, -0.15) is 0 Å². The van der Waals surface area contributed by atoms with Crippen molar-refractivity contribution in [3.05, 3.63) is 35.1 Å². The number of benzene rings is 1. The van der Waals surface area contributed by atoms with Crippen LogP contribution in [0.25, 0.3) is 0 Å². The number of amidine groups is 1. The van der Waals surface area contributed by atoms with Crippen molar-refractivity contribution in [2.75, 3.05) is 0 Å². The molecule has 0 spiro atoms. The van der Waals surface area contributed by atoms with Crippen molar-refractivity contribution in [1.29, 1.82) is 5.40 Å². The highest BCUT2D eigenvalue weighted by Gasteiger charge is 2.51. The maximum atomic E-state index is 13.8. The van der Waals surface area contributed by atoms with Crippen LogP contribution in [0.3, 0.4) is 0 Å². The number of halogens is 1. The van der Waals surface area contributed by atoms with Gasteiger partial charge < -0.3 is 0 Å². The molecule has 1 aliphatic rings. The van der Waals surface area contributed by atoms with Crippen molar-refractivity contribution in [3.8, 4) is 0 Å². The van der Waals surface area contributed by atoms with E-state index in [1.165, 1.54) is 6.07 Å². The Morgan fingerprint density at radius 3 is 2.87 bits per heavy atom. The highest BCUT2D eigenvalue weighted by atomic mass is 19.1. The second-order valence-corrected chi connectivity index (χ2v) is 3.97. The number of hydrogen-bond acceptors (Lipinski definition) is 2. The summed E-state index contributed by atoms with van der Waals surface area (Å²) < 4.78 is 20.8. The van der Waals surface area contributed by atoms with E-state index in [2.05, 4.69) is 5.40 Å². The molecule has 2 rings (SSSR count). The summed E-state index contributed by atoms with van der Waals surface area (Å²) in [5.74, 6) is -0.199. The van der Waals surface area contributed by atoms with Gasteiger partial charge in [0.25, 0.3) is 0 Å². The first-order valence-corrected chi connectivity index (χ1v) is 4.84. The van der Waals surface area contributed by atoms with Gasteiger partial charge in [0.15, 0.2) is 1.41 Å². The summed E-state index contributed by atoms with van der Waals surface area (Å²) in [5, 5.41) is 12.2. The molecule has 0 heterocycles. The van der Waals surface area contributed by atoms with Crippen molar-refractivity contribution in [1.82, 2.24) is 5.48 Å². The molecule has 4 heteroatoms. The molecule has 1 aromatic carbocycles. The lowest BCUT2D eigenvalue weighted by Gasteiger charge is -2.18. The lowest BCUT2D eigenvalue weighted by Crippen LogP contribution is -2.32. The molecule has 3 N–H and O–H groups in total. The first-order valence-electron chi connectivity index (χ1n) is 5.28. The van der Waals surface area contributed by atoms with Crippen LogP contribution in [-0.2, 0) is 5.41 Å². The predicted molar refractivity (Wildman–Crippen MR) is 54.7 cm³/mol. The minimum atomic E-state index is -0.633. The van der Waals surface area contributed by atoms with Crippen LogP contribution in [0.15, 0.2) is 18.2 Å². The molecule has 0 unspecified atom stereocenters. The standard InChI is InChI=1S/C11H13FN2O/c1-7-3-2-4-8(12)9(7)11(5-6-11)10(13)14-15/h2-4,15H,5-6H2,1H3,(H2,13,14). The summed E-state index contributed by atoms with van der Waals surface area (Å²) in [5.41, 5.74) is 2.61. The minimum Gasteiger partial charge on any atom is -0.290 e. The van der Waals surface area contributed by atoms with E-state index < -0.39 is 5.41 Å². The molecule has 1 aromatic rings. The fraction of sp³-hybridized carbons (Fsp3) is 0.364. The third-order valence-corrected chi connectivity index (χ3v) is 3.01. The Morgan fingerprint density at radius 2 is 2.40 bits per heavy atom. The Balaban J connectivity index is 2.52. The normalized spacial score (nSPS) is 19.7. The molecule has 3 nitrogen and oxygen atoms in total. The molecule has 0 aliphatic heterocycles. The lowest BCUT2D eigenvalue weighted by molar-refractivity contribution is 0.228. The summed E-state index contributed by atoms with van der Waals surface area (Å²) >= 11 is 0. The van der Waals surface area contributed by atoms with Gasteiger partial charge in [-0.15, -0.1) is 0 Å². The van der Waals surface area contributed by atoms with Crippen LogP contribution < -0.4 is 5.48 Å². The second-order valence-electron chi connectivity index (χ2n) is 3.97. The zero-order valence-electron chi connectivity index (χ0n) is 9.42. The van der Waals surface area contributed by atoms with Crippen molar-refractivity contribution in [3.63, 3.8) is 0 Å². The molecule has 1 aliphatic carbocycles.